The van der Waals surface area contributed by atoms with E-state index in [0.29, 0.717) is 11.6 Å². The molecule has 1 saturated carbocycles. The zero-order valence-electron chi connectivity index (χ0n) is 20.6. The molecule has 2 fully saturated rings. The lowest BCUT2D eigenvalue weighted by atomic mass is 9.66. The van der Waals surface area contributed by atoms with Gasteiger partial charge in [0.25, 0.3) is 0 Å². The maximum absolute atomic E-state index is 10.5. The van der Waals surface area contributed by atoms with Gasteiger partial charge in [-0.3, -0.25) is 0 Å². The summed E-state index contributed by atoms with van der Waals surface area (Å²) in [6, 6.07) is 6.36. The molecule has 0 radical (unpaired) electrons. The number of nitriles is 1. The Bertz CT molecular complexity index is 1100. The number of hydrogen-bond donors (Lipinski definition) is 1. The highest BCUT2D eigenvalue weighted by molar-refractivity contribution is 5.75. The van der Waals surface area contributed by atoms with E-state index in [0.717, 1.165) is 30.5 Å². The smallest absolute Gasteiger partial charge is 0.407 e. The average Bonchev–Trinajstić information content (AvgIpc) is 3.14. The molecule has 9 nitrogen and oxygen atoms in total. The van der Waals surface area contributed by atoms with Gasteiger partial charge in [0.15, 0.2) is 0 Å². The molecule has 0 bridgehead atoms. The maximum atomic E-state index is 10.5. The highest BCUT2D eigenvalue weighted by Crippen LogP contribution is 2.56. The van der Waals surface area contributed by atoms with E-state index >= 15 is 0 Å². The summed E-state index contributed by atoms with van der Waals surface area (Å²) in [6.07, 6.45) is 7.83. The Balaban J connectivity index is 0.000000262. The van der Waals surface area contributed by atoms with Crippen LogP contribution >= 0.6 is 0 Å². The third kappa shape index (κ3) is 4.49. The molecule has 1 aliphatic carbocycles. The van der Waals surface area contributed by atoms with E-state index in [-0.39, 0.29) is 17.1 Å². The fourth-order valence-corrected chi connectivity index (χ4v) is 4.72. The van der Waals surface area contributed by atoms with Gasteiger partial charge in [-0.1, -0.05) is 6.42 Å². The maximum Gasteiger partial charge on any atom is 0.407 e. The molecule has 1 atom stereocenters. The van der Waals surface area contributed by atoms with Crippen LogP contribution in [0, 0.1) is 11.3 Å². The first-order chi connectivity index (χ1) is 16.2. The topological polar surface area (TPSA) is 107 Å². The van der Waals surface area contributed by atoms with Crippen molar-refractivity contribution in [1.82, 2.24) is 20.3 Å². The van der Waals surface area contributed by atoms with E-state index in [2.05, 4.69) is 43.1 Å². The Hall–Kier alpha value is -3.41. The lowest BCUT2D eigenvalue weighted by Gasteiger charge is -2.44. The summed E-state index contributed by atoms with van der Waals surface area (Å²) in [5.74, 6) is 2.90. The molecule has 34 heavy (non-hydrogen) atoms. The molecule has 9 heteroatoms. The fraction of sp³-hybridized carbons (Fsp3) is 0.560. The molecule has 1 saturated heterocycles. The number of alkyl carbamates (subject to hydrolysis) is 1. The molecule has 0 unspecified atom stereocenters. The molecule has 1 spiro atoms. The van der Waals surface area contributed by atoms with E-state index in [1.54, 1.807) is 18.6 Å². The fourth-order valence-electron chi connectivity index (χ4n) is 4.72. The number of carbonyl (C=O) groups is 1. The third-order valence-electron chi connectivity index (χ3n) is 6.71. The van der Waals surface area contributed by atoms with Crippen LogP contribution < -0.4 is 15.1 Å². The standard InChI is InChI=1S/C19H20N6.C6H13NO2/c1-13-4-8-24(13)17-16-18(23-12-22-17)25(11-19(16)5-2-6-19)15-9-14(10-20)3-7-21-15;1-6(2,3)9-5(8)7-4/h3,7,9,12-13H,2,4-6,8,11H2,1H3;1-4H3,(H,7,8)/t13-;/m1./s1. The predicted octanol–water partition coefficient (Wildman–Crippen LogP) is 4.06. The molecule has 180 valence electrons. The monoisotopic (exact) mass is 463 g/mol. The molecule has 2 aromatic rings. The molecule has 5 rings (SSSR count). The summed E-state index contributed by atoms with van der Waals surface area (Å²) < 4.78 is 4.84. The first-order valence-corrected chi connectivity index (χ1v) is 11.8. The van der Waals surface area contributed by atoms with Crippen LogP contribution in [0.2, 0.25) is 0 Å². The number of carbonyl (C=O) groups excluding carboxylic acids is 1. The van der Waals surface area contributed by atoms with Crippen molar-refractivity contribution in [3.63, 3.8) is 0 Å². The van der Waals surface area contributed by atoms with Gasteiger partial charge in [0.2, 0.25) is 0 Å². The van der Waals surface area contributed by atoms with Gasteiger partial charge in [0.1, 0.15) is 29.4 Å². The van der Waals surface area contributed by atoms with Gasteiger partial charge in [0, 0.05) is 43.4 Å². The zero-order valence-corrected chi connectivity index (χ0v) is 20.6. The van der Waals surface area contributed by atoms with Crippen molar-refractivity contribution < 1.29 is 9.53 Å². The van der Waals surface area contributed by atoms with Gasteiger partial charge in [-0.2, -0.15) is 5.26 Å². The SMILES string of the molecule is CNC(=O)OC(C)(C)C.C[C@@H]1CCN1c1ncnc2c1C1(CCC1)CN2c1cc(C#N)ccn1. The summed E-state index contributed by atoms with van der Waals surface area (Å²) >= 11 is 0. The molecule has 4 heterocycles. The van der Waals surface area contributed by atoms with Crippen molar-refractivity contribution in [2.75, 3.05) is 29.9 Å². The minimum absolute atomic E-state index is 0.144. The van der Waals surface area contributed by atoms with Gasteiger partial charge < -0.3 is 19.9 Å². The van der Waals surface area contributed by atoms with E-state index in [1.165, 1.54) is 38.3 Å². The molecule has 2 aliphatic heterocycles. The molecule has 2 aromatic heterocycles. The quantitative estimate of drug-likeness (QED) is 0.711. The van der Waals surface area contributed by atoms with Crippen molar-refractivity contribution in [3.05, 3.63) is 35.8 Å². The van der Waals surface area contributed by atoms with E-state index in [4.69, 9.17) is 4.74 Å². The van der Waals surface area contributed by atoms with Crippen molar-refractivity contribution in [2.24, 2.45) is 0 Å². The van der Waals surface area contributed by atoms with Crippen LogP contribution in [0.15, 0.2) is 24.7 Å². The number of aromatic nitrogens is 3. The van der Waals surface area contributed by atoms with Crippen molar-refractivity contribution >= 4 is 23.5 Å². The van der Waals surface area contributed by atoms with E-state index < -0.39 is 0 Å². The molecule has 0 aromatic carbocycles. The normalized spacial score (nSPS) is 19.7. The van der Waals surface area contributed by atoms with Crippen molar-refractivity contribution in [2.45, 2.75) is 70.4 Å². The summed E-state index contributed by atoms with van der Waals surface area (Å²) in [7, 11) is 1.54. The molecule has 1 N–H and O–H groups in total. The van der Waals surface area contributed by atoms with Gasteiger partial charge in [0.05, 0.1) is 11.6 Å². The Labute approximate surface area is 201 Å². The molecule has 1 amide bonds. The van der Waals surface area contributed by atoms with Crippen molar-refractivity contribution in [3.8, 4) is 6.07 Å². The summed E-state index contributed by atoms with van der Waals surface area (Å²) in [5, 5.41) is 11.6. The Morgan fingerprint density at radius 1 is 1.26 bits per heavy atom. The average molecular weight is 464 g/mol. The van der Waals surface area contributed by atoms with Gasteiger partial charge in [-0.25, -0.2) is 19.7 Å². The number of anilines is 3. The number of amides is 1. The predicted molar refractivity (Wildman–Crippen MR) is 130 cm³/mol. The molecule has 3 aliphatic rings. The van der Waals surface area contributed by atoms with Crippen LogP contribution in [-0.2, 0) is 10.2 Å². The van der Waals surface area contributed by atoms with Gasteiger partial charge in [-0.05, 0) is 59.1 Å². The number of hydrogen-bond acceptors (Lipinski definition) is 8. The van der Waals surface area contributed by atoms with Crippen LogP contribution in [0.1, 0.15) is 64.5 Å². The van der Waals surface area contributed by atoms with Crippen molar-refractivity contribution in [1.29, 1.82) is 5.26 Å². The largest absolute Gasteiger partial charge is 0.444 e. The van der Waals surface area contributed by atoms with E-state index in [1.807, 2.05) is 26.8 Å². The second kappa shape index (κ2) is 9.09. The van der Waals surface area contributed by atoms with E-state index in [9.17, 15) is 10.1 Å². The number of nitrogens with one attached hydrogen (secondary N) is 1. The lowest BCUT2D eigenvalue weighted by Crippen LogP contribution is -2.48. The molecular formula is C25H33N7O2. The highest BCUT2D eigenvalue weighted by atomic mass is 16.6. The van der Waals surface area contributed by atoms with Crippen LogP contribution in [0.25, 0.3) is 0 Å². The number of ether oxygens (including phenoxy) is 1. The van der Waals surface area contributed by atoms with Crippen LogP contribution in [0.3, 0.4) is 0 Å². The number of fused-ring (bicyclic) bond motifs is 2. The van der Waals surface area contributed by atoms with Gasteiger partial charge in [-0.15, -0.1) is 0 Å². The summed E-state index contributed by atoms with van der Waals surface area (Å²) in [6.45, 7) is 9.68. The van der Waals surface area contributed by atoms with Crippen LogP contribution in [0.5, 0.6) is 0 Å². The van der Waals surface area contributed by atoms with Gasteiger partial charge >= 0.3 is 6.09 Å². The summed E-state index contributed by atoms with van der Waals surface area (Å²) in [5.41, 5.74) is 1.69. The second-order valence-electron chi connectivity index (χ2n) is 10.2. The highest BCUT2D eigenvalue weighted by Gasteiger charge is 2.51. The minimum atomic E-state index is -0.389. The third-order valence-corrected chi connectivity index (χ3v) is 6.71. The number of rotatable bonds is 2. The van der Waals surface area contributed by atoms with Crippen LogP contribution in [0.4, 0.5) is 22.2 Å². The zero-order chi connectivity index (χ0) is 24.5. The second-order valence-corrected chi connectivity index (χ2v) is 10.2. The first kappa shape index (κ1) is 23.7. The number of nitrogens with zero attached hydrogens (tertiary/aromatic N) is 6. The Morgan fingerprint density at radius 2 is 2.00 bits per heavy atom. The Morgan fingerprint density at radius 3 is 2.50 bits per heavy atom. The molecular weight excluding hydrogens is 430 g/mol. The number of pyridine rings is 1. The first-order valence-electron chi connectivity index (χ1n) is 11.8. The minimum Gasteiger partial charge on any atom is -0.444 e. The summed E-state index contributed by atoms with van der Waals surface area (Å²) in [4.78, 5) is 28.9. The lowest BCUT2D eigenvalue weighted by molar-refractivity contribution is 0.0541. The Kier molecular flexibility index (Phi) is 6.34. The van der Waals surface area contributed by atoms with Crippen LogP contribution in [-0.4, -0.2) is 52.8 Å².